The summed E-state index contributed by atoms with van der Waals surface area (Å²) in [6, 6.07) is 0. The SMILES string of the molecule is O=S(=O)(O)C(F)(F)F.[Cs+].[H-]. The predicted octanol–water partition coefficient (Wildman–Crippen LogP) is -2.49. The molecule has 0 spiro atoms. The minimum absolute atomic E-state index is 0. The second-order valence-corrected chi connectivity index (χ2v) is 2.33. The van der Waals surface area contributed by atoms with Crippen LogP contribution in [0.4, 0.5) is 13.2 Å². The van der Waals surface area contributed by atoms with Crippen molar-refractivity contribution < 1.29 is 96.5 Å². The van der Waals surface area contributed by atoms with Crippen molar-refractivity contribution >= 4 is 10.1 Å². The second-order valence-electron chi connectivity index (χ2n) is 0.921. The average Bonchev–Trinajstić information content (AvgIpc) is 1.25. The summed E-state index contributed by atoms with van der Waals surface area (Å²) in [4.78, 5) is 0. The van der Waals surface area contributed by atoms with Gasteiger partial charge in [-0.25, -0.2) is 0 Å². The molecule has 0 radical (unpaired) electrons. The summed E-state index contributed by atoms with van der Waals surface area (Å²) in [5.41, 5.74) is -5.53. The fourth-order valence-corrected chi connectivity index (χ4v) is 0. The van der Waals surface area contributed by atoms with Crippen LogP contribution < -0.4 is 68.9 Å². The Bertz CT molecular complexity index is 173. The minimum atomic E-state index is -5.84. The maximum Gasteiger partial charge on any atom is 1.00 e. The minimum Gasteiger partial charge on any atom is -1.00 e. The quantitative estimate of drug-likeness (QED) is 0.395. The smallest absolute Gasteiger partial charge is 1.00 e. The van der Waals surface area contributed by atoms with E-state index in [1.165, 1.54) is 0 Å². The van der Waals surface area contributed by atoms with Gasteiger partial charge in [-0.05, 0) is 0 Å². The summed E-state index contributed by atoms with van der Waals surface area (Å²) >= 11 is 0. The summed E-state index contributed by atoms with van der Waals surface area (Å²) in [5, 5.41) is 0. The van der Waals surface area contributed by atoms with Crippen molar-refractivity contribution in [3.05, 3.63) is 0 Å². The van der Waals surface area contributed by atoms with Crippen molar-refractivity contribution in [2.24, 2.45) is 0 Å². The van der Waals surface area contributed by atoms with E-state index in [-0.39, 0.29) is 70.3 Å². The third-order valence-corrected chi connectivity index (χ3v) is 0.877. The van der Waals surface area contributed by atoms with Crippen molar-refractivity contribution in [2.45, 2.75) is 5.51 Å². The van der Waals surface area contributed by atoms with Gasteiger partial charge in [0.2, 0.25) is 0 Å². The van der Waals surface area contributed by atoms with Gasteiger partial charge in [-0.1, -0.05) is 0 Å². The zero-order valence-corrected chi connectivity index (χ0v) is 11.4. The molecule has 52 valence electrons. The number of hydrogen-bond donors (Lipinski definition) is 1. The molecule has 0 fully saturated rings. The van der Waals surface area contributed by atoms with Crippen LogP contribution in [0, 0.1) is 0 Å². The molecule has 0 rings (SSSR count). The fourth-order valence-electron chi connectivity index (χ4n) is 0. The van der Waals surface area contributed by atoms with Crippen LogP contribution in [0.1, 0.15) is 1.43 Å². The largest absolute Gasteiger partial charge is 1.00 e. The van der Waals surface area contributed by atoms with E-state index >= 15 is 0 Å². The Balaban J connectivity index is -0.000000245. The van der Waals surface area contributed by atoms with E-state index < -0.39 is 15.6 Å². The molecule has 0 aromatic rings. The maximum absolute atomic E-state index is 10.7. The molecule has 0 atom stereocenters. The maximum atomic E-state index is 10.7. The summed E-state index contributed by atoms with van der Waals surface area (Å²) < 4.78 is 57.5. The van der Waals surface area contributed by atoms with Gasteiger partial charge < -0.3 is 1.43 Å². The van der Waals surface area contributed by atoms with Gasteiger partial charge in [0, 0.05) is 0 Å². The van der Waals surface area contributed by atoms with E-state index in [0.29, 0.717) is 0 Å². The van der Waals surface area contributed by atoms with Gasteiger partial charge in [0.1, 0.15) is 0 Å². The first-order valence-corrected chi connectivity index (χ1v) is 2.73. The molecule has 0 bridgehead atoms. The van der Waals surface area contributed by atoms with Gasteiger partial charge >= 0.3 is 84.5 Å². The molecule has 0 saturated carbocycles. The van der Waals surface area contributed by atoms with Gasteiger partial charge in [-0.3, -0.25) is 4.55 Å². The molecule has 3 nitrogen and oxygen atoms in total. The molecule has 0 saturated heterocycles. The molecule has 1 N–H and O–H groups in total. The van der Waals surface area contributed by atoms with E-state index in [1.54, 1.807) is 0 Å². The number of alkyl halides is 3. The topological polar surface area (TPSA) is 54.4 Å². The fraction of sp³-hybridized carbons (Fsp3) is 1.00. The molecule has 0 amide bonds. The van der Waals surface area contributed by atoms with E-state index in [0.717, 1.165) is 0 Å². The molecule has 0 heterocycles. The van der Waals surface area contributed by atoms with Crippen LogP contribution in [0.15, 0.2) is 0 Å². The van der Waals surface area contributed by atoms with Crippen LogP contribution in [-0.2, 0) is 10.1 Å². The number of rotatable bonds is 0. The first-order valence-electron chi connectivity index (χ1n) is 1.29. The number of hydrogen-bond acceptors (Lipinski definition) is 2. The van der Waals surface area contributed by atoms with E-state index in [2.05, 4.69) is 0 Å². The van der Waals surface area contributed by atoms with E-state index in [4.69, 9.17) is 13.0 Å². The Morgan fingerprint density at radius 3 is 1.44 bits per heavy atom. The standard InChI is InChI=1S/CHF3O3S.Cs.H/c2-1(3,4)8(5,6)7;;/h(H,5,6,7);;/q;+1;-1. The van der Waals surface area contributed by atoms with Crippen LogP contribution in [0.3, 0.4) is 0 Å². The molecule has 0 aliphatic carbocycles. The first kappa shape index (κ1) is 13.3. The van der Waals surface area contributed by atoms with Crippen LogP contribution in [0.2, 0.25) is 0 Å². The van der Waals surface area contributed by atoms with Gasteiger partial charge in [-0.2, -0.15) is 21.6 Å². The van der Waals surface area contributed by atoms with Crippen LogP contribution in [0.25, 0.3) is 0 Å². The summed E-state index contributed by atoms with van der Waals surface area (Å²) in [6.45, 7) is 0. The molecule has 0 aliphatic heterocycles. The van der Waals surface area contributed by atoms with E-state index in [1.807, 2.05) is 0 Å². The Labute approximate surface area is 110 Å². The van der Waals surface area contributed by atoms with Crippen molar-refractivity contribution in [1.82, 2.24) is 0 Å². The summed E-state index contributed by atoms with van der Waals surface area (Å²) in [7, 11) is -5.84. The molecule has 0 aromatic carbocycles. The normalized spacial score (nSPS) is 12.4. The first-order chi connectivity index (χ1) is 3.25. The number of halogens is 3. The third-order valence-electron chi connectivity index (χ3n) is 0.292. The molecule has 8 heteroatoms. The summed E-state index contributed by atoms with van der Waals surface area (Å²) in [6.07, 6.45) is 0. The Morgan fingerprint density at radius 1 is 1.33 bits per heavy atom. The van der Waals surface area contributed by atoms with E-state index in [9.17, 15) is 13.2 Å². The Hall–Kier alpha value is 1.75. The van der Waals surface area contributed by atoms with Crippen molar-refractivity contribution in [1.29, 1.82) is 0 Å². The Morgan fingerprint density at radius 2 is 1.44 bits per heavy atom. The Kier molecular flexibility index (Phi) is 5.86. The average molecular weight is 284 g/mol. The molecule has 9 heavy (non-hydrogen) atoms. The zero-order chi connectivity index (χ0) is 7.00. The van der Waals surface area contributed by atoms with Crippen LogP contribution >= 0.6 is 0 Å². The molecule has 0 unspecified atom stereocenters. The van der Waals surface area contributed by atoms with Crippen LogP contribution in [0.5, 0.6) is 0 Å². The zero-order valence-electron chi connectivity index (χ0n) is 5.31. The third kappa shape index (κ3) is 5.07. The summed E-state index contributed by atoms with van der Waals surface area (Å²) in [5.74, 6) is 0. The van der Waals surface area contributed by atoms with Crippen LogP contribution in [-0.4, -0.2) is 18.5 Å². The van der Waals surface area contributed by atoms with Gasteiger partial charge in [0.15, 0.2) is 0 Å². The molecule has 0 aromatic heterocycles. The van der Waals surface area contributed by atoms with Gasteiger partial charge in [0.25, 0.3) is 0 Å². The molecular weight excluding hydrogens is 282 g/mol. The second kappa shape index (κ2) is 3.95. The molecule has 0 aliphatic rings. The van der Waals surface area contributed by atoms with Crippen molar-refractivity contribution in [3.8, 4) is 0 Å². The van der Waals surface area contributed by atoms with Gasteiger partial charge in [-0.15, -0.1) is 0 Å². The van der Waals surface area contributed by atoms with Gasteiger partial charge in [0.05, 0.1) is 0 Å². The monoisotopic (exact) mass is 284 g/mol. The van der Waals surface area contributed by atoms with Crippen molar-refractivity contribution in [2.75, 3.05) is 0 Å². The van der Waals surface area contributed by atoms with Crippen molar-refractivity contribution in [3.63, 3.8) is 0 Å². The predicted molar refractivity (Wildman–Crippen MR) is 18.7 cm³/mol. The molecular formula is CH2CsF3O3S.